The first kappa shape index (κ1) is 19.5. The summed E-state index contributed by atoms with van der Waals surface area (Å²) < 4.78 is 0. The molecule has 1 aromatic carbocycles. The van der Waals surface area contributed by atoms with E-state index in [4.69, 9.17) is 0 Å². The first-order valence-electron chi connectivity index (χ1n) is 10.7. The molecule has 0 aliphatic carbocycles. The second-order valence-electron chi connectivity index (χ2n) is 8.48. The van der Waals surface area contributed by atoms with Crippen LogP contribution in [-0.4, -0.2) is 63.7 Å². The third-order valence-corrected chi connectivity index (χ3v) is 6.29. The van der Waals surface area contributed by atoms with E-state index in [2.05, 4.69) is 51.0 Å². The van der Waals surface area contributed by atoms with Gasteiger partial charge >= 0.3 is 0 Å². The molecule has 0 amide bonds. The molecule has 3 heterocycles. The van der Waals surface area contributed by atoms with Crippen molar-refractivity contribution in [2.75, 3.05) is 32.8 Å². The molecule has 2 aromatic rings. The van der Waals surface area contributed by atoms with Gasteiger partial charge in [0.15, 0.2) is 5.82 Å². The molecule has 0 bridgehead atoms. The summed E-state index contributed by atoms with van der Waals surface area (Å²) in [5.41, 5.74) is 3.50. The van der Waals surface area contributed by atoms with Crippen LogP contribution in [0.25, 0.3) is 11.4 Å². The number of aromatic nitrogens is 2. The molecule has 150 valence electrons. The number of hydrogen-bond acceptors (Lipinski definition) is 5. The molecule has 0 unspecified atom stereocenters. The molecule has 28 heavy (non-hydrogen) atoms. The zero-order chi connectivity index (χ0) is 19.3. The molecule has 4 rings (SSSR count). The van der Waals surface area contributed by atoms with E-state index in [1.54, 1.807) is 0 Å². The molecule has 1 atom stereocenters. The zero-order valence-electron chi connectivity index (χ0n) is 16.9. The number of nitrogens with zero attached hydrogens (tertiary/aromatic N) is 4. The summed E-state index contributed by atoms with van der Waals surface area (Å²) in [7, 11) is 0. The van der Waals surface area contributed by atoms with Crippen LogP contribution in [0.4, 0.5) is 0 Å². The van der Waals surface area contributed by atoms with Gasteiger partial charge in [-0.25, -0.2) is 9.97 Å². The molecule has 2 aliphatic rings. The second kappa shape index (κ2) is 9.12. The predicted octanol–water partition coefficient (Wildman–Crippen LogP) is 3.12. The van der Waals surface area contributed by atoms with Gasteiger partial charge in [0.25, 0.3) is 0 Å². The highest BCUT2D eigenvalue weighted by Crippen LogP contribution is 2.24. The van der Waals surface area contributed by atoms with E-state index in [0.29, 0.717) is 18.6 Å². The molecular weight excluding hydrogens is 348 g/mol. The summed E-state index contributed by atoms with van der Waals surface area (Å²) in [6.45, 7) is 7.93. The van der Waals surface area contributed by atoms with Crippen molar-refractivity contribution in [3.8, 4) is 11.4 Å². The summed E-state index contributed by atoms with van der Waals surface area (Å²) in [5, 5.41) is 9.36. The number of benzene rings is 1. The van der Waals surface area contributed by atoms with Crippen molar-refractivity contribution >= 4 is 0 Å². The Hall–Kier alpha value is -1.82. The van der Waals surface area contributed by atoms with Crippen LogP contribution in [0, 0.1) is 12.8 Å². The van der Waals surface area contributed by atoms with Crippen molar-refractivity contribution in [2.45, 2.75) is 45.2 Å². The van der Waals surface area contributed by atoms with Gasteiger partial charge in [0.1, 0.15) is 0 Å². The van der Waals surface area contributed by atoms with Gasteiger partial charge in [-0.1, -0.05) is 23.8 Å². The lowest BCUT2D eigenvalue weighted by atomic mass is 9.94. The van der Waals surface area contributed by atoms with Gasteiger partial charge in [0.2, 0.25) is 0 Å². The number of likely N-dealkylation sites (tertiary alicyclic amines) is 2. The fraction of sp³-hybridized carbons (Fsp3) is 0.565. The van der Waals surface area contributed by atoms with Crippen molar-refractivity contribution in [1.82, 2.24) is 19.8 Å². The van der Waals surface area contributed by atoms with Crippen LogP contribution in [-0.2, 0) is 6.54 Å². The third-order valence-electron chi connectivity index (χ3n) is 6.29. The molecule has 5 heteroatoms. The number of hydrogen-bond donors (Lipinski definition) is 1. The Bertz CT molecular complexity index is 755. The largest absolute Gasteiger partial charge is 0.396 e. The average Bonchev–Trinajstić information content (AvgIpc) is 2.74. The first-order chi connectivity index (χ1) is 13.7. The van der Waals surface area contributed by atoms with E-state index in [9.17, 15) is 5.11 Å². The lowest BCUT2D eigenvalue weighted by Crippen LogP contribution is -2.50. The highest BCUT2D eigenvalue weighted by Gasteiger charge is 2.28. The summed E-state index contributed by atoms with van der Waals surface area (Å²) in [6, 6.07) is 9.00. The Balaban J connectivity index is 1.34. The fourth-order valence-corrected chi connectivity index (χ4v) is 4.60. The van der Waals surface area contributed by atoms with Gasteiger partial charge in [0, 0.05) is 49.3 Å². The van der Waals surface area contributed by atoms with Gasteiger partial charge in [-0.3, -0.25) is 9.80 Å². The number of aliphatic hydroxyl groups is 1. The normalized spacial score (nSPS) is 22.4. The number of aryl methyl sites for hydroxylation is 1. The van der Waals surface area contributed by atoms with Gasteiger partial charge in [-0.15, -0.1) is 0 Å². The SMILES string of the molecule is Cc1cccc(-c2ncc(CN3CCC[C@@H](N4CCC(CO)CC4)C3)cn2)c1. The first-order valence-corrected chi connectivity index (χ1v) is 10.7. The van der Waals surface area contributed by atoms with Crippen LogP contribution < -0.4 is 0 Å². The van der Waals surface area contributed by atoms with E-state index >= 15 is 0 Å². The van der Waals surface area contributed by atoms with Crippen molar-refractivity contribution in [1.29, 1.82) is 0 Å². The maximum absolute atomic E-state index is 9.36. The van der Waals surface area contributed by atoms with Crippen LogP contribution in [0.3, 0.4) is 0 Å². The van der Waals surface area contributed by atoms with Crippen LogP contribution in [0.2, 0.25) is 0 Å². The molecule has 2 saturated heterocycles. The molecule has 1 aromatic heterocycles. The minimum absolute atomic E-state index is 0.350. The molecule has 0 saturated carbocycles. The summed E-state index contributed by atoms with van der Waals surface area (Å²) in [4.78, 5) is 14.4. The Morgan fingerprint density at radius 3 is 2.57 bits per heavy atom. The maximum atomic E-state index is 9.36. The maximum Gasteiger partial charge on any atom is 0.159 e. The Morgan fingerprint density at radius 1 is 1.07 bits per heavy atom. The molecule has 0 radical (unpaired) electrons. The van der Waals surface area contributed by atoms with Crippen molar-refractivity contribution < 1.29 is 5.11 Å². The third kappa shape index (κ3) is 4.77. The summed E-state index contributed by atoms with van der Waals surface area (Å²) >= 11 is 0. The number of aliphatic hydroxyl groups excluding tert-OH is 1. The average molecular weight is 381 g/mol. The van der Waals surface area contributed by atoms with Crippen LogP contribution in [0.1, 0.15) is 36.8 Å². The minimum atomic E-state index is 0.350. The van der Waals surface area contributed by atoms with E-state index in [-0.39, 0.29) is 0 Å². The van der Waals surface area contributed by atoms with E-state index in [1.165, 1.54) is 24.0 Å². The van der Waals surface area contributed by atoms with Gasteiger partial charge in [0.05, 0.1) is 0 Å². The van der Waals surface area contributed by atoms with Crippen LogP contribution in [0.15, 0.2) is 36.7 Å². The molecule has 2 fully saturated rings. The van der Waals surface area contributed by atoms with Crippen LogP contribution >= 0.6 is 0 Å². The van der Waals surface area contributed by atoms with Gasteiger partial charge in [-0.2, -0.15) is 0 Å². The lowest BCUT2D eigenvalue weighted by molar-refractivity contribution is 0.0543. The van der Waals surface area contributed by atoms with E-state index in [0.717, 1.165) is 57.0 Å². The monoisotopic (exact) mass is 380 g/mol. The highest BCUT2D eigenvalue weighted by molar-refractivity contribution is 5.55. The Kier molecular flexibility index (Phi) is 6.35. The van der Waals surface area contributed by atoms with Gasteiger partial charge in [-0.05, 0) is 64.2 Å². The highest BCUT2D eigenvalue weighted by atomic mass is 16.3. The molecule has 2 aliphatic heterocycles. The smallest absolute Gasteiger partial charge is 0.159 e. The van der Waals surface area contributed by atoms with Crippen molar-refractivity contribution in [2.24, 2.45) is 5.92 Å². The minimum Gasteiger partial charge on any atom is -0.396 e. The van der Waals surface area contributed by atoms with Crippen molar-refractivity contribution in [3.05, 3.63) is 47.8 Å². The zero-order valence-corrected chi connectivity index (χ0v) is 16.9. The van der Waals surface area contributed by atoms with Crippen molar-refractivity contribution in [3.63, 3.8) is 0 Å². The quantitative estimate of drug-likeness (QED) is 0.864. The molecular formula is C23H32N4O. The lowest BCUT2D eigenvalue weighted by Gasteiger charge is -2.42. The van der Waals surface area contributed by atoms with E-state index < -0.39 is 0 Å². The van der Waals surface area contributed by atoms with E-state index in [1.807, 2.05) is 12.4 Å². The molecule has 0 spiro atoms. The Labute approximate surface area is 168 Å². The molecule has 5 nitrogen and oxygen atoms in total. The van der Waals surface area contributed by atoms with Crippen LogP contribution in [0.5, 0.6) is 0 Å². The number of piperidine rings is 2. The fourth-order valence-electron chi connectivity index (χ4n) is 4.60. The predicted molar refractivity (Wildman–Crippen MR) is 112 cm³/mol. The topological polar surface area (TPSA) is 52.5 Å². The number of rotatable bonds is 5. The molecule has 1 N–H and O–H groups in total. The standard InChI is InChI=1S/C23H32N4O/c1-18-4-2-5-21(12-18)23-24-13-20(14-25-23)15-26-9-3-6-22(16-26)27-10-7-19(17-28)8-11-27/h2,4-5,12-14,19,22,28H,3,6-11,15-17H2,1H3/t22-/m1/s1. The summed E-state index contributed by atoms with van der Waals surface area (Å²) in [5.74, 6) is 1.32. The second-order valence-corrected chi connectivity index (χ2v) is 8.48. The van der Waals surface area contributed by atoms with Gasteiger partial charge < -0.3 is 5.11 Å². The Morgan fingerprint density at radius 2 is 1.86 bits per heavy atom. The summed E-state index contributed by atoms with van der Waals surface area (Å²) in [6.07, 6.45) is 8.81.